The zero-order valence-corrected chi connectivity index (χ0v) is 53.8. The second kappa shape index (κ2) is 23.0. The Hall–Kier alpha value is -8.58. The van der Waals surface area contributed by atoms with Crippen molar-refractivity contribution < 1.29 is 28.8 Å². The van der Waals surface area contributed by atoms with E-state index in [2.05, 4.69) is 82.7 Å². The van der Waals surface area contributed by atoms with Gasteiger partial charge in [0.15, 0.2) is 0 Å². The van der Waals surface area contributed by atoms with Gasteiger partial charge in [0.25, 0.3) is 23.6 Å². The predicted molar refractivity (Wildman–Crippen MR) is 363 cm³/mol. The number of amides is 6. The molecular formula is C78H81N7O6. The van der Waals surface area contributed by atoms with Gasteiger partial charge in [0.1, 0.15) is 0 Å². The van der Waals surface area contributed by atoms with Crippen molar-refractivity contribution in [2.75, 3.05) is 19.6 Å². The van der Waals surface area contributed by atoms with Crippen LogP contribution in [0.4, 0.5) is 0 Å². The van der Waals surface area contributed by atoms with Gasteiger partial charge in [-0.1, -0.05) is 117 Å². The van der Waals surface area contributed by atoms with Gasteiger partial charge in [-0.05, 0) is 209 Å². The molecule has 0 radical (unpaired) electrons. The monoisotopic (exact) mass is 1210 g/mol. The van der Waals surface area contributed by atoms with Gasteiger partial charge in [0.2, 0.25) is 11.8 Å². The molecule has 464 valence electrons. The highest BCUT2D eigenvalue weighted by Crippen LogP contribution is 2.61. The number of aromatic nitrogens is 4. The SMILES string of the molecule is CCCCCCCCCCCCN1C(=O)c2ccc3c4ccc5c6c(ccc(c7ccc(c2c37)C1=O)c64)C(=O)N(CCCCN1C(=O)C2C3CCC(c4c3c3cc6nc(cc7[nH]c(cc8nc(cc4[nH]3)C(C)=C8CC)c(CC)c7CC)C(CC)=C6C)C2C1=O)C5=O. The third-order valence-corrected chi connectivity index (χ3v) is 22.2. The number of hydrogen-bond acceptors (Lipinski definition) is 8. The smallest absolute Gasteiger partial charge is 0.261 e. The average molecular weight is 1210 g/mol. The number of aryl methyl sites for hydroxylation is 2. The second-order valence-electron chi connectivity index (χ2n) is 26.9. The minimum atomic E-state index is -0.496. The standard InChI is InChI=1S/C78H81N7O6/c1-8-13-14-15-16-17-18-19-20-21-34-83-73(86)53-30-24-47-49-26-32-55-68-56(33-27-50(66(49)68)48-25-31-54(74(83)87)67(53)65(47)48)76(89)84(75(55)88)35-22-23-36-85-77(90)71-51-28-29-52(72(71)78(85)91)70-64-38-58-42(7)44(10-3)60(80-58)40-62-46(12-5)45(11-4)61(81-62)39-59-43(9-2)41(6)57(79-59)37-63(82-64)69(51)70/h24-27,30-33,37-40,51-52,71-72,81-82H,8-23,28-29,34-36H2,1-7H3. The first-order valence-electron chi connectivity index (χ1n) is 34.3. The van der Waals surface area contributed by atoms with E-state index in [1.54, 1.807) is 0 Å². The minimum Gasteiger partial charge on any atom is -0.355 e. The Balaban J connectivity index is 0.683. The van der Waals surface area contributed by atoms with Crippen molar-refractivity contribution in [3.8, 4) is 0 Å². The maximum absolute atomic E-state index is 15.0. The summed E-state index contributed by atoms with van der Waals surface area (Å²) in [5.41, 5.74) is 19.2. The maximum atomic E-state index is 15.0. The minimum absolute atomic E-state index is 0.125. The highest BCUT2D eigenvalue weighted by Gasteiger charge is 2.60. The summed E-state index contributed by atoms with van der Waals surface area (Å²) >= 11 is 0. The Morgan fingerprint density at radius 3 is 1.11 bits per heavy atom. The van der Waals surface area contributed by atoms with E-state index in [1.165, 1.54) is 81.9 Å². The van der Waals surface area contributed by atoms with Crippen LogP contribution in [-0.4, -0.2) is 89.7 Å². The lowest BCUT2D eigenvalue weighted by Crippen LogP contribution is -2.41. The molecule has 1 saturated carbocycles. The molecule has 5 aliphatic heterocycles. The average Bonchev–Trinajstić information content (AvgIpc) is 1.23. The van der Waals surface area contributed by atoms with Crippen LogP contribution < -0.4 is 0 Å². The summed E-state index contributed by atoms with van der Waals surface area (Å²) < 4.78 is 0. The number of aromatic amines is 2. The Labute approximate surface area is 531 Å². The van der Waals surface area contributed by atoms with Crippen LogP contribution in [0.5, 0.6) is 0 Å². The fourth-order valence-corrected chi connectivity index (χ4v) is 17.8. The van der Waals surface area contributed by atoms with Gasteiger partial charge < -0.3 is 9.97 Å². The molecule has 4 atom stereocenters. The lowest BCUT2D eigenvalue weighted by Gasteiger charge is -2.43. The molecule has 0 spiro atoms. The molecule has 13 nitrogen and oxygen atoms in total. The van der Waals surface area contributed by atoms with Crippen LogP contribution in [0.25, 0.3) is 87.4 Å². The van der Waals surface area contributed by atoms with Crippen LogP contribution >= 0.6 is 0 Å². The van der Waals surface area contributed by atoms with Crippen molar-refractivity contribution in [1.82, 2.24) is 34.6 Å². The maximum Gasteiger partial charge on any atom is 0.261 e. The summed E-state index contributed by atoms with van der Waals surface area (Å²) in [5.74, 6) is -2.91. The van der Waals surface area contributed by atoms with Crippen molar-refractivity contribution in [2.45, 2.75) is 176 Å². The zero-order valence-electron chi connectivity index (χ0n) is 53.8. The molecule has 10 bridgehead atoms. The highest BCUT2D eigenvalue weighted by molar-refractivity contribution is 6.41. The number of fused-ring (bicyclic) bond motifs is 11. The number of H-pyrrole nitrogens is 2. The summed E-state index contributed by atoms with van der Waals surface area (Å²) in [4.78, 5) is 110. The van der Waals surface area contributed by atoms with Crippen molar-refractivity contribution in [3.63, 3.8) is 0 Å². The number of carbonyl (C=O) groups excluding carboxylic acids is 6. The van der Waals surface area contributed by atoms with E-state index in [1.807, 2.05) is 48.5 Å². The Morgan fingerprint density at radius 1 is 0.396 bits per heavy atom. The number of hydrogen-bond donors (Lipinski definition) is 2. The van der Waals surface area contributed by atoms with Gasteiger partial charge in [-0.25, -0.2) is 9.97 Å². The molecule has 8 aliphatic rings. The summed E-state index contributed by atoms with van der Waals surface area (Å²) in [6.07, 6.45) is 17.5. The van der Waals surface area contributed by atoms with Crippen LogP contribution in [0.15, 0.2) is 72.8 Å². The van der Waals surface area contributed by atoms with Gasteiger partial charge in [-0.2, -0.15) is 0 Å². The largest absolute Gasteiger partial charge is 0.355 e. The van der Waals surface area contributed by atoms with Gasteiger partial charge in [0, 0.05) is 74.7 Å². The van der Waals surface area contributed by atoms with E-state index in [0.717, 1.165) is 157 Å². The van der Waals surface area contributed by atoms with Crippen LogP contribution in [0.1, 0.15) is 249 Å². The number of likely N-dealkylation sites (tertiary alicyclic amines) is 1. The Bertz CT molecular complexity index is 4480. The quantitative estimate of drug-likeness (QED) is 0.0329. The van der Waals surface area contributed by atoms with Crippen molar-refractivity contribution >= 4 is 123 Å². The zero-order chi connectivity index (χ0) is 62.8. The molecule has 8 heterocycles. The third kappa shape index (κ3) is 8.96. The lowest BCUT2D eigenvalue weighted by atomic mass is 9.57. The summed E-state index contributed by atoms with van der Waals surface area (Å²) in [7, 11) is 0. The van der Waals surface area contributed by atoms with Crippen LogP contribution in [-0.2, 0) is 22.4 Å². The van der Waals surface area contributed by atoms with Crippen LogP contribution in [0.3, 0.4) is 0 Å². The normalized spacial score (nSPS) is 19.4. The molecule has 16 rings (SSSR count). The van der Waals surface area contributed by atoms with Gasteiger partial charge in [0.05, 0.1) is 34.6 Å². The number of allylic oxidation sites excluding steroid dienone is 4. The van der Waals surface area contributed by atoms with Crippen LogP contribution in [0, 0.1) is 11.8 Å². The number of carbonyl (C=O) groups is 6. The number of nitrogens with one attached hydrogen (secondary N) is 2. The molecule has 5 aromatic carbocycles. The van der Waals surface area contributed by atoms with E-state index in [4.69, 9.17) is 9.97 Å². The first kappa shape index (κ1) is 58.8. The molecule has 13 heteroatoms. The molecular weight excluding hydrogens is 1130 g/mol. The summed E-state index contributed by atoms with van der Waals surface area (Å²) in [6.45, 7) is 16.1. The second-order valence-corrected chi connectivity index (χ2v) is 26.9. The van der Waals surface area contributed by atoms with E-state index in [0.29, 0.717) is 52.4 Å². The number of imide groups is 3. The molecule has 4 unspecified atom stereocenters. The topological polar surface area (TPSA) is 170 Å². The van der Waals surface area contributed by atoms with Crippen molar-refractivity contribution in [2.24, 2.45) is 11.8 Å². The lowest BCUT2D eigenvalue weighted by molar-refractivity contribution is -0.140. The molecule has 2 fully saturated rings. The molecule has 3 aromatic heterocycles. The number of benzene rings is 5. The summed E-state index contributed by atoms with van der Waals surface area (Å²) in [5, 5.41) is 6.32. The predicted octanol–water partition coefficient (Wildman–Crippen LogP) is 17.3. The van der Waals surface area contributed by atoms with E-state index < -0.39 is 11.8 Å². The van der Waals surface area contributed by atoms with E-state index in [-0.39, 0.29) is 60.4 Å². The van der Waals surface area contributed by atoms with Crippen molar-refractivity contribution in [1.29, 1.82) is 0 Å². The van der Waals surface area contributed by atoms with Gasteiger partial charge in [-0.3, -0.25) is 43.5 Å². The first-order chi connectivity index (χ1) is 44.3. The first-order valence-corrected chi connectivity index (χ1v) is 34.3. The molecule has 8 aromatic rings. The fraction of sp³-hybridized carbons (Fsp3) is 0.410. The molecule has 6 amide bonds. The van der Waals surface area contributed by atoms with Crippen molar-refractivity contribution in [3.05, 3.63) is 140 Å². The molecule has 2 N–H and O–H groups in total. The highest BCUT2D eigenvalue weighted by atomic mass is 16.2. The third-order valence-electron chi connectivity index (χ3n) is 22.2. The van der Waals surface area contributed by atoms with Gasteiger partial charge in [-0.15, -0.1) is 0 Å². The summed E-state index contributed by atoms with van der Waals surface area (Å²) in [6, 6.07) is 23.9. The fourth-order valence-electron chi connectivity index (χ4n) is 17.8. The van der Waals surface area contributed by atoms with Crippen LogP contribution in [0.2, 0.25) is 0 Å². The van der Waals surface area contributed by atoms with E-state index >= 15 is 0 Å². The number of nitrogens with zero attached hydrogens (tertiary/aromatic N) is 5. The van der Waals surface area contributed by atoms with E-state index in [9.17, 15) is 28.8 Å². The molecule has 3 aliphatic carbocycles. The van der Waals surface area contributed by atoms with Gasteiger partial charge >= 0.3 is 0 Å². The molecule has 1 saturated heterocycles. The number of rotatable bonds is 20. The Kier molecular flexibility index (Phi) is 14.8. The Morgan fingerprint density at radius 2 is 0.736 bits per heavy atom. The molecule has 91 heavy (non-hydrogen) atoms. The number of unbranched alkanes of at least 4 members (excludes halogenated alkanes) is 10.